The molecule has 106 valence electrons. The Morgan fingerprint density at radius 3 is 2.63 bits per heavy atom. The van der Waals surface area contributed by atoms with E-state index in [0.29, 0.717) is 24.5 Å². The van der Waals surface area contributed by atoms with Crippen molar-refractivity contribution in [2.24, 2.45) is 5.73 Å². The topological polar surface area (TPSA) is 55.0 Å². The van der Waals surface area contributed by atoms with Gasteiger partial charge in [0.2, 0.25) is 0 Å². The summed E-state index contributed by atoms with van der Waals surface area (Å²) in [7, 11) is 0. The quantitative estimate of drug-likeness (QED) is 0.914. The monoisotopic (exact) mass is 284 g/mol. The summed E-state index contributed by atoms with van der Waals surface area (Å²) in [5, 5.41) is 0. The van der Waals surface area contributed by atoms with Crippen LogP contribution in [0.25, 0.3) is 0 Å². The Morgan fingerprint density at radius 2 is 2.11 bits per heavy atom. The molecule has 1 aromatic rings. The van der Waals surface area contributed by atoms with Crippen molar-refractivity contribution in [3.05, 3.63) is 17.8 Å². The van der Waals surface area contributed by atoms with E-state index in [1.54, 1.807) is 0 Å². The number of hydrogen-bond acceptors (Lipinski definition) is 5. The third kappa shape index (κ3) is 2.84. The first-order chi connectivity index (χ1) is 9.15. The Morgan fingerprint density at radius 1 is 1.42 bits per heavy atom. The van der Waals surface area contributed by atoms with Crippen LogP contribution in [0.1, 0.15) is 25.5 Å². The normalized spacial score (nSPS) is 18.6. The summed E-state index contributed by atoms with van der Waals surface area (Å²) in [4.78, 5) is 10.1. The van der Waals surface area contributed by atoms with Crippen LogP contribution >= 0.6 is 11.8 Å². The Labute approximate surface area is 118 Å². The third-order valence-electron chi connectivity index (χ3n) is 3.96. The fraction of sp³-hybridized carbons (Fsp3) is 0.692. The lowest BCUT2D eigenvalue weighted by Crippen LogP contribution is -2.47. The molecule has 0 aromatic carbocycles. The molecule has 1 fully saturated rings. The summed E-state index contributed by atoms with van der Waals surface area (Å²) in [6.07, 6.45) is 6.08. The number of piperidine rings is 1. The summed E-state index contributed by atoms with van der Waals surface area (Å²) in [6.45, 7) is 4.18. The lowest BCUT2D eigenvalue weighted by molar-refractivity contribution is 0.448. The Hall–Kier alpha value is -0.880. The molecule has 1 aliphatic heterocycles. The number of nitrogens with zero attached hydrogens (tertiary/aromatic N) is 3. The number of hydrogen-bond donors (Lipinski definition) is 1. The van der Waals surface area contributed by atoms with Crippen molar-refractivity contribution < 1.29 is 4.39 Å². The van der Waals surface area contributed by atoms with Gasteiger partial charge in [-0.05, 0) is 25.5 Å². The van der Waals surface area contributed by atoms with Gasteiger partial charge in [0, 0.05) is 24.4 Å². The fourth-order valence-corrected chi connectivity index (χ4v) is 3.24. The maximum Gasteiger partial charge on any atom is 0.187 e. The SMILES string of the molecule is CCc1ncnc(N2CCC(CN)(SC)CC2)c1F. The maximum absolute atomic E-state index is 14.2. The molecule has 0 atom stereocenters. The zero-order valence-corrected chi connectivity index (χ0v) is 12.3. The predicted octanol–water partition coefficient (Wildman–Crippen LogP) is 1.84. The van der Waals surface area contributed by atoms with E-state index in [-0.39, 0.29) is 10.6 Å². The largest absolute Gasteiger partial charge is 0.354 e. The zero-order valence-electron chi connectivity index (χ0n) is 11.5. The summed E-state index contributed by atoms with van der Waals surface area (Å²) >= 11 is 1.82. The molecule has 0 amide bonds. The smallest absolute Gasteiger partial charge is 0.187 e. The first kappa shape index (κ1) is 14.5. The molecule has 0 bridgehead atoms. The molecule has 0 spiro atoms. The second-order valence-corrected chi connectivity index (χ2v) is 6.16. The highest BCUT2D eigenvalue weighted by Gasteiger charge is 2.33. The molecule has 2 rings (SSSR count). The first-order valence-electron chi connectivity index (χ1n) is 6.65. The van der Waals surface area contributed by atoms with E-state index >= 15 is 0 Å². The van der Waals surface area contributed by atoms with Gasteiger partial charge in [0.25, 0.3) is 0 Å². The van der Waals surface area contributed by atoms with Crippen molar-refractivity contribution in [3.63, 3.8) is 0 Å². The van der Waals surface area contributed by atoms with Crippen LogP contribution in [0.4, 0.5) is 10.2 Å². The van der Waals surface area contributed by atoms with Crippen molar-refractivity contribution >= 4 is 17.6 Å². The van der Waals surface area contributed by atoms with Gasteiger partial charge in [-0.15, -0.1) is 0 Å². The average Bonchev–Trinajstić information content (AvgIpc) is 2.48. The molecular formula is C13H21FN4S. The van der Waals surface area contributed by atoms with Crippen LogP contribution in [0.5, 0.6) is 0 Å². The summed E-state index contributed by atoms with van der Waals surface area (Å²) in [5.41, 5.74) is 6.36. The standard InChI is InChI=1S/C13H21FN4S/c1-3-10-11(14)12(17-9-16-10)18-6-4-13(8-15,19-2)5-7-18/h9H,3-8,15H2,1-2H3. The van der Waals surface area contributed by atoms with Gasteiger partial charge < -0.3 is 10.6 Å². The minimum Gasteiger partial charge on any atom is -0.354 e. The van der Waals surface area contributed by atoms with Gasteiger partial charge in [-0.1, -0.05) is 6.92 Å². The van der Waals surface area contributed by atoms with Gasteiger partial charge in [0.05, 0.1) is 5.69 Å². The van der Waals surface area contributed by atoms with Crippen molar-refractivity contribution in [1.82, 2.24) is 9.97 Å². The molecule has 4 nitrogen and oxygen atoms in total. The predicted molar refractivity (Wildman–Crippen MR) is 78.1 cm³/mol. The highest BCUT2D eigenvalue weighted by Crippen LogP contribution is 2.35. The number of aromatic nitrogens is 2. The number of nitrogens with two attached hydrogens (primary N) is 1. The van der Waals surface area contributed by atoms with Crippen LogP contribution in [0, 0.1) is 5.82 Å². The second-order valence-electron chi connectivity index (χ2n) is 4.89. The molecule has 2 N–H and O–H groups in total. The van der Waals surface area contributed by atoms with Gasteiger partial charge in [0.1, 0.15) is 6.33 Å². The van der Waals surface area contributed by atoms with E-state index in [1.165, 1.54) is 6.33 Å². The Bertz CT molecular complexity index is 427. The van der Waals surface area contributed by atoms with E-state index in [9.17, 15) is 4.39 Å². The van der Waals surface area contributed by atoms with Crippen molar-refractivity contribution in [3.8, 4) is 0 Å². The van der Waals surface area contributed by atoms with Gasteiger partial charge in [-0.2, -0.15) is 11.8 Å². The van der Waals surface area contributed by atoms with Crippen molar-refractivity contribution in [1.29, 1.82) is 0 Å². The van der Waals surface area contributed by atoms with Crippen LogP contribution in [-0.2, 0) is 6.42 Å². The van der Waals surface area contributed by atoms with Gasteiger partial charge in [-0.3, -0.25) is 0 Å². The molecule has 19 heavy (non-hydrogen) atoms. The van der Waals surface area contributed by atoms with Gasteiger partial charge in [-0.25, -0.2) is 14.4 Å². The van der Waals surface area contributed by atoms with Crippen molar-refractivity contribution in [2.45, 2.75) is 30.9 Å². The Balaban J connectivity index is 2.14. The van der Waals surface area contributed by atoms with Crippen LogP contribution in [-0.4, -0.2) is 40.6 Å². The van der Waals surface area contributed by atoms with Crippen LogP contribution in [0.2, 0.25) is 0 Å². The minimum absolute atomic E-state index is 0.146. The zero-order chi connectivity index (χ0) is 13.9. The third-order valence-corrected chi connectivity index (χ3v) is 5.40. The van der Waals surface area contributed by atoms with Gasteiger partial charge in [0.15, 0.2) is 11.6 Å². The summed E-state index contributed by atoms with van der Waals surface area (Å²) in [5.74, 6) is 0.174. The number of rotatable bonds is 4. The highest BCUT2D eigenvalue weighted by molar-refractivity contribution is 8.00. The lowest BCUT2D eigenvalue weighted by Gasteiger charge is -2.40. The number of halogens is 1. The van der Waals surface area contributed by atoms with Crippen LogP contribution < -0.4 is 10.6 Å². The second kappa shape index (κ2) is 6.05. The molecule has 0 radical (unpaired) electrons. The molecule has 1 saturated heterocycles. The van der Waals surface area contributed by atoms with E-state index in [1.807, 2.05) is 23.6 Å². The van der Waals surface area contributed by atoms with E-state index in [0.717, 1.165) is 25.9 Å². The summed E-state index contributed by atoms with van der Waals surface area (Å²) < 4.78 is 14.4. The molecule has 0 aliphatic carbocycles. The molecule has 0 unspecified atom stereocenters. The number of aryl methyl sites for hydroxylation is 1. The van der Waals surface area contributed by atoms with E-state index < -0.39 is 0 Å². The van der Waals surface area contributed by atoms with E-state index in [4.69, 9.17) is 5.73 Å². The van der Waals surface area contributed by atoms with Gasteiger partial charge >= 0.3 is 0 Å². The number of thioether (sulfide) groups is 1. The highest BCUT2D eigenvalue weighted by atomic mass is 32.2. The molecular weight excluding hydrogens is 263 g/mol. The van der Waals surface area contributed by atoms with Crippen LogP contribution in [0.3, 0.4) is 0 Å². The first-order valence-corrected chi connectivity index (χ1v) is 7.88. The lowest BCUT2D eigenvalue weighted by atomic mass is 9.95. The minimum atomic E-state index is -0.269. The fourth-order valence-electron chi connectivity index (χ4n) is 2.48. The molecule has 1 aromatic heterocycles. The number of anilines is 1. The Kier molecular flexibility index (Phi) is 4.62. The maximum atomic E-state index is 14.2. The molecule has 0 saturated carbocycles. The molecule has 2 heterocycles. The van der Waals surface area contributed by atoms with Crippen molar-refractivity contribution in [2.75, 3.05) is 30.8 Å². The molecule has 6 heteroatoms. The molecule has 1 aliphatic rings. The summed E-state index contributed by atoms with van der Waals surface area (Å²) in [6, 6.07) is 0. The average molecular weight is 284 g/mol. The van der Waals surface area contributed by atoms with Crippen LogP contribution in [0.15, 0.2) is 6.33 Å². The van der Waals surface area contributed by atoms with E-state index in [2.05, 4.69) is 16.2 Å².